The van der Waals surface area contributed by atoms with Crippen LogP contribution in [-0.2, 0) is 14.8 Å². The molecule has 7 heteroatoms. The van der Waals surface area contributed by atoms with Gasteiger partial charge in [-0.1, -0.05) is 0 Å². The van der Waals surface area contributed by atoms with E-state index in [1.165, 1.54) is 4.31 Å². The quantitative estimate of drug-likeness (QED) is 0.710. The first-order chi connectivity index (χ1) is 8.43. The van der Waals surface area contributed by atoms with Crippen LogP contribution in [0, 0.1) is 5.92 Å². The highest BCUT2D eigenvalue weighted by atomic mass is 32.2. The minimum Gasteiger partial charge on any atom is -0.369 e. The van der Waals surface area contributed by atoms with Gasteiger partial charge in [-0.05, 0) is 32.7 Å². The summed E-state index contributed by atoms with van der Waals surface area (Å²) < 4.78 is 26.5. The molecule has 0 aromatic heterocycles. The fourth-order valence-electron chi connectivity index (χ4n) is 2.74. The van der Waals surface area contributed by atoms with Crippen molar-refractivity contribution in [3.8, 4) is 0 Å². The second kappa shape index (κ2) is 5.14. The molecule has 0 aromatic carbocycles. The lowest BCUT2D eigenvalue weighted by Gasteiger charge is -2.37. The SMILES string of the molecule is CC1CCC(C(N)=O)CN1S(=O)(=O)C1CCNC1. The lowest BCUT2D eigenvalue weighted by atomic mass is 9.95. The van der Waals surface area contributed by atoms with Gasteiger partial charge in [0.1, 0.15) is 0 Å². The van der Waals surface area contributed by atoms with Crippen molar-refractivity contribution >= 4 is 15.9 Å². The number of sulfonamides is 1. The highest BCUT2D eigenvalue weighted by molar-refractivity contribution is 7.89. The second-order valence-corrected chi connectivity index (χ2v) is 7.42. The van der Waals surface area contributed by atoms with Crippen molar-refractivity contribution in [2.24, 2.45) is 11.7 Å². The Morgan fingerprint density at radius 1 is 1.33 bits per heavy atom. The molecule has 0 aromatic rings. The second-order valence-electron chi connectivity index (χ2n) is 5.26. The maximum absolute atomic E-state index is 12.5. The Labute approximate surface area is 108 Å². The minimum atomic E-state index is -3.31. The summed E-state index contributed by atoms with van der Waals surface area (Å²) >= 11 is 0. The van der Waals surface area contributed by atoms with Crippen molar-refractivity contribution in [1.82, 2.24) is 9.62 Å². The number of hydrogen-bond donors (Lipinski definition) is 2. The normalized spacial score (nSPS) is 34.6. The molecule has 1 amide bonds. The van der Waals surface area contributed by atoms with E-state index in [1.54, 1.807) is 0 Å². The Kier molecular flexibility index (Phi) is 3.93. The molecule has 3 unspecified atom stereocenters. The molecule has 6 nitrogen and oxygen atoms in total. The number of nitrogens with one attached hydrogen (secondary N) is 1. The summed E-state index contributed by atoms with van der Waals surface area (Å²) in [6, 6.07) is -0.0359. The van der Waals surface area contributed by atoms with Gasteiger partial charge in [-0.2, -0.15) is 4.31 Å². The van der Waals surface area contributed by atoms with Crippen molar-refractivity contribution in [1.29, 1.82) is 0 Å². The van der Waals surface area contributed by atoms with Gasteiger partial charge in [-0.25, -0.2) is 8.42 Å². The van der Waals surface area contributed by atoms with Crippen LogP contribution in [0.1, 0.15) is 26.2 Å². The van der Waals surface area contributed by atoms with Gasteiger partial charge in [0.25, 0.3) is 0 Å². The molecule has 104 valence electrons. The van der Waals surface area contributed by atoms with Crippen LogP contribution in [0.2, 0.25) is 0 Å². The average molecular weight is 275 g/mol. The highest BCUT2D eigenvalue weighted by Gasteiger charge is 2.40. The van der Waals surface area contributed by atoms with Crippen molar-refractivity contribution in [3.05, 3.63) is 0 Å². The number of carbonyl (C=O) groups excluding carboxylic acids is 1. The molecule has 2 fully saturated rings. The van der Waals surface area contributed by atoms with Crippen LogP contribution in [0.15, 0.2) is 0 Å². The monoisotopic (exact) mass is 275 g/mol. The maximum Gasteiger partial charge on any atom is 0.221 e. The van der Waals surface area contributed by atoms with Crippen molar-refractivity contribution in [2.75, 3.05) is 19.6 Å². The van der Waals surface area contributed by atoms with Gasteiger partial charge in [0, 0.05) is 19.1 Å². The van der Waals surface area contributed by atoms with E-state index in [9.17, 15) is 13.2 Å². The summed E-state index contributed by atoms with van der Waals surface area (Å²) in [5.41, 5.74) is 5.30. The molecule has 0 spiro atoms. The number of amides is 1. The molecule has 2 heterocycles. The van der Waals surface area contributed by atoms with Gasteiger partial charge in [0.15, 0.2) is 0 Å². The van der Waals surface area contributed by atoms with E-state index in [1.807, 2.05) is 6.92 Å². The molecule has 2 aliphatic heterocycles. The van der Waals surface area contributed by atoms with Crippen molar-refractivity contribution in [2.45, 2.75) is 37.5 Å². The van der Waals surface area contributed by atoms with Gasteiger partial charge in [0.2, 0.25) is 15.9 Å². The predicted octanol–water partition coefficient (Wildman–Crippen LogP) is -0.736. The summed E-state index contributed by atoms with van der Waals surface area (Å²) in [4.78, 5) is 11.2. The molecule has 0 saturated carbocycles. The predicted molar refractivity (Wildman–Crippen MR) is 68.3 cm³/mol. The Morgan fingerprint density at radius 3 is 2.61 bits per heavy atom. The van der Waals surface area contributed by atoms with E-state index in [0.717, 1.165) is 6.54 Å². The summed E-state index contributed by atoms with van der Waals surface area (Å²) in [5.74, 6) is -0.739. The van der Waals surface area contributed by atoms with Crippen LogP contribution in [0.5, 0.6) is 0 Å². The fraction of sp³-hybridized carbons (Fsp3) is 0.909. The first-order valence-corrected chi connectivity index (χ1v) is 7.94. The molecule has 2 saturated heterocycles. The van der Waals surface area contributed by atoms with Gasteiger partial charge in [0.05, 0.1) is 11.2 Å². The van der Waals surface area contributed by atoms with Crippen LogP contribution in [0.4, 0.5) is 0 Å². The first-order valence-electron chi connectivity index (χ1n) is 6.43. The zero-order valence-electron chi connectivity index (χ0n) is 10.6. The number of nitrogens with zero attached hydrogens (tertiary/aromatic N) is 1. The van der Waals surface area contributed by atoms with Crippen LogP contribution in [0.3, 0.4) is 0 Å². The standard InChI is InChI=1S/C11H21N3O3S/c1-8-2-3-9(11(12)15)7-14(8)18(16,17)10-4-5-13-6-10/h8-10,13H,2-7H2,1H3,(H2,12,15). The zero-order valence-corrected chi connectivity index (χ0v) is 11.4. The number of carbonyl (C=O) groups is 1. The van der Waals surface area contributed by atoms with E-state index < -0.39 is 15.9 Å². The van der Waals surface area contributed by atoms with Crippen LogP contribution < -0.4 is 11.1 Å². The topological polar surface area (TPSA) is 92.5 Å². The van der Waals surface area contributed by atoms with Crippen LogP contribution in [0.25, 0.3) is 0 Å². The molecule has 0 aliphatic carbocycles. The number of nitrogens with two attached hydrogens (primary N) is 1. The molecule has 0 radical (unpaired) electrons. The Hall–Kier alpha value is -0.660. The van der Waals surface area contributed by atoms with Gasteiger partial charge < -0.3 is 11.1 Å². The summed E-state index contributed by atoms with van der Waals surface area (Å²) in [6.07, 6.45) is 2.03. The van der Waals surface area contributed by atoms with Gasteiger partial charge >= 0.3 is 0 Å². The summed E-state index contributed by atoms with van der Waals surface area (Å²) in [5, 5.41) is 2.71. The van der Waals surface area contributed by atoms with Gasteiger partial charge in [-0.3, -0.25) is 4.79 Å². The molecule has 2 rings (SSSR count). The molecule has 18 heavy (non-hydrogen) atoms. The van der Waals surface area contributed by atoms with E-state index in [0.29, 0.717) is 25.8 Å². The van der Waals surface area contributed by atoms with E-state index >= 15 is 0 Å². The highest BCUT2D eigenvalue weighted by Crippen LogP contribution is 2.27. The molecule has 2 aliphatic rings. The zero-order chi connectivity index (χ0) is 13.3. The lowest BCUT2D eigenvalue weighted by Crippen LogP contribution is -2.51. The molecule has 3 atom stereocenters. The van der Waals surface area contributed by atoms with Crippen LogP contribution >= 0.6 is 0 Å². The number of piperidine rings is 1. The largest absolute Gasteiger partial charge is 0.369 e. The molecule has 3 N–H and O–H groups in total. The molecular formula is C11H21N3O3S. The number of primary amides is 1. The molecule has 0 bridgehead atoms. The van der Waals surface area contributed by atoms with Gasteiger partial charge in [-0.15, -0.1) is 0 Å². The maximum atomic E-state index is 12.5. The fourth-order valence-corrected chi connectivity index (χ4v) is 4.86. The first kappa shape index (κ1) is 13.8. The third-order valence-corrected chi connectivity index (χ3v) is 6.40. The van der Waals surface area contributed by atoms with E-state index in [2.05, 4.69) is 5.32 Å². The Morgan fingerprint density at radius 2 is 2.06 bits per heavy atom. The summed E-state index contributed by atoms with van der Waals surface area (Å²) in [6.45, 7) is 3.39. The third-order valence-electron chi connectivity index (χ3n) is 3.99. The minimum absolute atomic E-state index is 0.0359. The number of hydrogen-bond acceptors (Lipinski definition) is 4. The van der Waals surface area contributed by atoms with E-state index in [-0.39, 0.29) is 23.8 Å². The van der Waals surface area contributed by atoms with Crippen LogP contribution in [-0.4, -0.2) is 49.6 Å². The smallest absolute Gasteiger partial charge is 0.221 e. The van der Waals surface area contributed by atoms with Crippen molar-refractivity contribution < 1.29 is 13.2 Å². The number of rotatable bonds is 3. The summed E-state index contributed by atoms with van der Waals surface area (Å²) in [7, 11) is -3.31. The van der Waals surface area contributed by atoms with E-state index in [4.69, 9.17) is 5.73 Å². The molecular weight excluding hydrogens is 254 g/mol. The van der Waals surface area contributed by atoms with Crippen molar-refractivity contribution in [3.63, 3.8) is 0 Å². The third kappa shape index (κ3) is 2.53. The Bertz CT molecular complexity index is 417. The average Bonchev–Trinajstić information content (AvgIpc) is 2.82. The Balaban J connectivity index is 2.16. The lowest BCUT2D eigenvalue weighted by molar-refractivity contribution is -0.123.